The molecule has 2 aromatic heterocycles. The van der Waals surface area contributed by atoms with Crippen LogP contribution in [0.2, 0.25) is 0 Å². The molecule has 0 unspecified atom stereocenters. The van der Waals surface area contributed by atoms with Crippen LogP contribution in [-0.2, 0) is 12.8 Å². The van der Waals surface area contributed by atoms with Crippen molar-refractivity contribution in [2.45, 2.75) is 24.3 Å². The molecule has 0 radical (unpaired) electrons. The molecule has 0 N–H and O–H groups in total. The molecule has 148 valence electrons. The molecule has 2 heterocycles. The van der Waals surface area contributed by atoms with Gasteiger partial charge in [-0.25, -0.2) is 4.98 Å². The summed E-state index contributed by atoms with van der Waals surface area (Å²) in [5.74, 6) is 2.21. The van der Waals surface area contributed by atoms with Crippen molar-refractivity contribution in [1.29, 1.82) is 0 Å². The smallest absolute Gasteiger partial charge is 0.137 e. The van der Waals surface area contributed by atoms with E-state index in [1.165, 1.54) is 22.4 Å². The lowest BCUT2D eigenvalue weighted by atomic mass is 10.2. The highest BCUT2D eigenvalue weighted by atomic mass is 32.2. The van der Waals surface area contributed by atoms with E-state index in [0.29, 0.717) is 4.58 Å². The van der Waals surface area contributed by atoms with Gasteiger partial charge in [0.25, 0.3) is 0 Å². The maximum Gasteiger partial charge on any atom is 0.137 e. The minimum atomic E-state index is 0.375. The minimum absolute atomic E-state index is 0.375. The van der Waals surface area contributed by atoms with Crippen LogP contribution in [0, 0.1) is 6.92 Å². The first-order valence-corrected chi connectivity index (χ1v) is 12.1. The van der Waals surface area contributed by atoms with Gasteiger partial charge >= 0.3 is 0 Å². The number of aryl methyl sites for hydroxylation is 3. The fraction of sp³-hybridized carbons (Fsp3) is 0.240. The average molecular weight is 419 g/mol. The predicted molar refractivity (Wildman–Crippen MR) is 128 cm³/mol. The quantitative estimate of drug-likeness (QED) is 0.285. The second-order valence-electron chi connectivity index (χ2n) is 7.16. The van der Waals surface area contributed by atoms with Gasteiger partial charge in [0.1, 0.15) is 5.65 Å². The van der Waals surface area contributed by atoms with Crippen molar-refractivity contribution in [3.63, 3.8) is 0 Å². The second-order valence-corrected chi connectivity index (χ2v) is 9.88. The Bertz CT molecular complexity index is 983. The molecule has 2 nitrogen and oxygen atoms in total. The van der Waals surface area contributed by atoms with E-state index in [-0.39, 0.29) is 0 Å². The van der Waals surface area contributed by atoms with Crippen molar-refractivity contribution in [3.05, 3.63) is 108 Å². The third kappa shape index (κ3) is 5.46. The Kier molecular flexibility index (Phi) is 6.96. The van der Waals surface area contributed by atoms with E-state index in [0.717, 1.165) is 30.0 Å². The molecule has 2 aromatic carbocycles. The third-order valence-electron chi connectivity index (χ3n) is 4.94. The van der Waals surface area contributed by atoms with Gasteiger partial charge in [0, 0.05) is 6.20 Å². The number of hydrogen-bond donors (Lipinski definition) is 0. The minimum Gasteiger partial charge on any atom is -0.302 e. The lowest BCUT2D eigenvalue weighted by Crippen LogP contribution is -2.00. The van der Waals surface area contributed by atoms with E-state index >= 15 is 0 Å². The molecule has 4 rings (SSSR count). The van der Waals surface area contributed by atoms with Crippen LogP contribution in [-0.4, -0.2) is 20.9 Å². The van der Waals surface area contributed by atoms with Crippen molar-refractivity contribution < 1.29 is 0 Å². The van der Waals surface area contributed by atoms with Gasteiger partial charge in [-0.2, -0.15) is 0 Å². The van der Waals surface area contributed by atoms with E-state index in [2.05, 4.69) is 101 Å². The summed E-state index contributed by atoms with van der Waals surface area (Å²) in [4.78, 5) is 4.67. The fourth-order valence-corrected chi connectivity index (χ4v) is 6.14. The van der Waals surface area contributed by atoms with Gasteiger partial charge in [0.05, 0.1) is 16.5 Å². The summed E-state index contributed by atoms with van der Waals surface area (Å²) in [6.45, 7) is 2.12. The summed E-state index contributed by atoms with van der Waals surface area (Å²) in [5, 5.41) is 0. The van der Waals surface area contributed by atoms with Crippen molar-refractivity contribution in [2.75, 3.05) is 11.5 Å². The maximum absolute atomic E-state index is 4.67. The molecule has 0 saturated heterocycles. The zero-order chi connectivity index (χ0) is 19.9. The van der Waals surface area contributed by atoms with Gasteiger partial charge in [0.15, 0.2) is 0 Å². The first-order chi connectivity index (χ1) is 14.3. The number of aromatic nitrogens is 2. The van der Waals surface area contributed by atoms with Crippen LogP contribution >= 0.6 is 23.5 Å². The van der Waals surface area contributed by atoms with E-state index in [9.17, 15) is 0 Å². The molecule has 0 aliphatic heterocycles. The van der Waals surface area contributed by atoms with E-state index in [4.69, 9.17) is 0 Å². The number of hydrogen-bond acceptors (Lipinski definition) is 3. The fourth-order valence-electron chi connectivity index (χ4n) is 3.35. The highest BCUT2D eigenvalue weighted by Gasteiger charge is 2.17. The van der Waals surface area contributed by atoms with Crippen LogP contribution in [0.25, 0.3) is 5.65 Å². The van der Waals surface area contributed by atoms with Crippen LogP contribution in [0.3, 0.4) is 0 Å². The second kappa shape index (κ2) is 10.0. The van der Waals surface area contributed by atoms with Crippen LogP contribution in [0.1, 0.15) is 27.0 Å². The highest BCUT2D eigenvalue weighted by Crippen LogP contribution is 2.40. The number of pyridine rings is 1. The molecule has 0 saturated carbocycles. The highest BCUT2D eigenvalue weighted by molar-refractivity contribution is 8.16. The zero-order valence-electron chi connectivity index (χ0n) is 16.7. The molecular weight excluding hydrogens is 392 g/mol. The Morgan fingerprint density at radius 3 is 2.00 bits per heavy atom. The zero-order valence-corrected chi connectivity index (χ0v) is 18.3. The van der Waals surface area contributed by atoms with Crippen LogP contribution in [0.4, 0.5) is 0 Å². The Morgan fingerprint density at radius 1 is 0.828 bits per heavy atom. The third-order valence-corrected chi connectivity index (χ3v) is 7.73. The molecule has 4 heteroatoms. The summed E-state index contributed by atoms with van der Waals surface area (Å²) < 4.78 is 2.63. The molecule has 0 aliphatic rings. The average Bonchev–Trinajstić information content (AvgIpc) is 3.17. The molecule has 4 aromatic rings. The molecule has 0 atom stereocenters. The largest absolute Gasteiger partial charge is 0.302 e. The molecule has 0 aliphatic carbocycles. The lowest BCUT2D eigenvalue weighted by Gasteiger charge is -2.16. The van der Waals surface area contributed by atoms with E-state index < -0.39 is 0 Å². The molecule has 0 fully saturated rings. The van der Waals surface area contributed by atoms with Crippen molar-refractivity contribution in [3.8, 4) is 0 Å². The molecule has 29 heavy (non-hydrogen) atoms. The topological polar surface area (TPSA) is 17.3 Å². The van der Waals surface area contributed by atoms with Gasteiger partial charge < -0.3 is 4.40 Å². The van der Waals surface area contributed by atoms with Crippen LogP contribution < -0.4 is 0 Å². The Hall–Kier alpha value is -2.17. The monoisotopic (exact) mass is 418 g/mol. The summed E-state index contributed by atoms with van der Waals surface area (Å²) in [5.41, 5.74) is 6.39. The van der Waals surface area contributed by atoms with E-state index in [1.807, 2.05) is 23.5 Å². The maximum atomic E-state index is 4.67. The van der Waals surface area contributed by atoms with Crippen LogP contribution in [0.15, 0.2) is 85.2 Å². The molecular formula is C25H26N2S2. The van der Waals surface area contributed by atoms with E-state index in [1.54, 1.807) is 0 Å². The number of benzene rings is 2. The van der Waals surface area contributed by atoms with Crippen molar-refractivity contribution >= 4 is 29.2 Å². The first kappa shape index (κ1) is 20.1. The predicted octanol–water partition coefficient (Wildman–Crippen LogP) is 6.59. The summed E-state index contributed by atoms with van der Waals surface area (Å²) in [7, 11) is 0. The van der Waals surface area contributed by atoms with Gasteiger partial charge in [-0.3, -0.25) is 0 Å². The van der Waals surface area contributed by atoms with Gasteiger partial charge in [-0.05, 0) is 60.1 Å². The Labute approximate surface area is 181 Å². The number of imidazole rings is 1. The molecule has 0 amide bonds. The normalized spacial score (nSPS) is 11.4. The summed E-state index contributed by atoms with van der Waals surface area (Å²) in [6, 6.07) is 25.9. The molecule has 0 bridgehead atoms. The number of fused-ring (bicyclic) bond motifs is 1. The number of thioether (sulfide) groups is 2. The van der Waals surface area contributed by atoms with Gasteiger partial charge in [0.2, 0.25) is 0 Å². The number of rotatable bonds is 9. The van der Waals surface area contributed by atoms with Crippen LogP contribution in [0.5, 0.6) is 0 Å². The SMILES string of the molecule is Cc1ccn2c(C(SCCc3ccccc3)SCCc3ccccc3)cnc2c1. The lowest BCUT2D eigenvalue weighted by molar-refractivity contribution is 1.06. The summed E-state index contributed by atoms with van der Waals surface area (Å²) in [6.07, 6.45) is 6.41. The van der Waals surface area contributed by atoms with Crippen molar-refractivity contribution in [2.24, 2.45) is 0 Å². The Morgan fingerprint density at radius 2 is 1.41 bits per heavy atom. The van der Waals surface area contributed by atoms with Gasteiger partial charge in [-0.1, -0.05) is 60.7 Å². The standard InChI is InChI=1S/C25H26N2S2/c1-20-12-15-27-23(19-26-24(27)18-20)25(28-16-13-21-8-4-2-5-9-21)29-17-14-22-10-6-3-7-11-22/h2-12,15,18-19,25H,13-14,16-17H2,1H3. The Balaban J connectivity index is 1.46. The van der Waals surface area contributed by atoms with Crippen molar-refractivity contribution in [1.82, 2.24) is 9.38 Å². The number of nitrogens with zero attached hydrogens (tertiary/aromatic N) is 2. The first-order valence-electron chi connectivity index (χ1n) is 10.0. The summed E-state index contributed by atoms with van der Waals surface area (Å²) >= 11 is 4.06. The van der Waals surface area contributed by atoms with Gasteiger partial charge in [-0.15, -0.1) is 23.5 Å². The molecule has 0 spiro atoms.